The van der Waals surface area contributed by atoms with Gasteiger partial charge in [-0.3, -0.25) is 0 Å². The van der Waals surface area contributed by atoms with Crippen LogP contribution in [0.3, 0.4) is 0 Å². The van der Waals surface area contributed by atoms with E-state index in [2.05, 4.69) is 11.1 Å². The first kappa shape index (κ1) is 8.39. The Bertz CT molecular complexity index is 648. The molecular formula is C12H6N2S. The minimum absolute atomic E-state index is 0.700. The number of rotatable bonds is 0. The van der Waals surface area contributed by atoms with Crippen LogP contribution in [0, 0.1) is 11.3 Å². The molecule has 0 saturated heterocycles. The monoisotopic (exact) mass is 210 g/mol. The van der Waals surface area contributed by atoms with E-state index in [4.69, 9.17) is 5.26 Å². The van der Waals surface area contributed by atoms with Crippen LogP contribution in [0.25, 0.3) is 21.5 Å². The molecular weight excluding hydrogens is 204 g/mol. The molecule has 2 aliphatic heterocycles. The lowest BCUT2D eigenvalue weighted by atomic mass is 10.1. The minimum atomic E-state index is 0.700. The third-order valence-corrected chi connectivity index (χ3v) is 3.28. The molecule has 0 spiro atoms. The molecule has 1 aromatic rings. The zero-order valence-corrected chi connectivity index (χ0v) is 8.58. The van der Waals surface area contributed by atoms with Crippen LogP contribution in [0.4, 0.5) is 0 Å². The summed E-state index contributed by atoms with van der Waals surface area (Å²) >= 11 is 1.52. The van der Waals surface area contributed by atoms with Crippen LogP contribution in [0.5, 0.6) is 0 Å². The van der Waals surface area contributed by atoms with E-state index in [1.807, 2.05) is 35.7 Å². The van der Waals surface area contributed by atoms with Gasteiger partial charge in [0.15, 0.2) is 0 Å². The van der Waals surface area contributed by atoms with E-state index in [-0.39, 0.29) is 0 Å². The first-order chi connectivity index (χ1) is 7.38. The summed E-state index contributed by atoms with van der Waals surface area (Å²) in [5.74, 6) is 0. The third-order valence-electron chi connectivity index (χ3n) is 2.37. The zero-order valence-electron chi connectivity index (χ0n) is 7.77. The summed E-state index contributed by atoms with van der Waals surface area (Å²) in [5.41, 5.74) is 2.78. The summed E-state index contributed by atoms with van der Waals surface area (Å²) in [6, 6.07) is 12.1. The molecule has 0 amide bonds. The number of hydrogen-bond acceptors (Lipinski definition) is 3. The van der Waals surface area contributed by atoms with Crippen LogP contribution in [-0.2, 0) is 0 Å². The van der Waals surface area contributed by atoms with E-state index in [1.165, 1.54) is 11.3 Å². The first-order valence-electron chi connectivity index (χ1n) is 4.55. The molecule has 0 fully saturated rings. The van der Waals surface area contributed by atoms with E-state index in [0.29, 0.717) is 5.56 Å². The van der Waals surface area contributed by atoms with Crippen molar-refractivity contribution in [3.8, 4) is 16.6 Å². The second-order valence-corrected chi connectivity index (χ2v) is 4.15. The van der Waals surface area contributed by atoms with Gasteiger partial charge in [-0.15, -0.1) is 11.3 Å². The maximum Gasteiger partial charge on any atom is 0.124 e. The van der Waals surface area contributed by atoms with E-state index in [1.54, 1.807) is 0 Å². The maximum absolute atomic E-state index is 8.84. The third kappa shape index (κ3) is 1.19. The topological polar surface area (TPSA) is 36.7 Å². The van der Waals surface area contributed by atoms with Gasteiger partial charge in [0.25, 0.3) is 0 Å². The Morgan fingerprint density at radius 2 is 2.13 bits per heavy atom. The number of aromatic nitrogens is 1. The SMILES string of the molecule is N#Cc1csc2nc3ccccc3c-2c1. The molecule has 15 heavy (non-hydrogen) atoms. The van der Waals surface area contributed by atoms with Gasteiger partial charge in [0.2, 0.25) is 0 Å². The molecule has 0 saturated carbocycles. The fourth-order valence-corrected chi connectivity index (χ4v) is 2.49. The molecule has 0 aromatic heterocycles. The van der Waals surface area contributed by atoms with Gasteiger partial charge >= 0.3 is 0 Å². The second kappa shape index (κ2) is 3.04. The molecule has 0 radical (unpaired) electrons. The summed E-state index contributed by atoms with van der Waals surface area (Å²) in [6.07, 6.45) is 0. The number of hydrogen-bond donors (Lipinski definition) is 0. The normalized spacial score (nSPS) is 10.6. The molecule has 0 unspecified atom stereocenters. The quantitative estimate of drug-likeness (QED) is 0.571. The van der Waals surface area contributed by atoms with Crippen LogP contribution in [0.2, 0.25) is 0 Å². The molecule has 0 N–H and O–H groups in total. The van der Waals surface area contributed by atoms with Crippen LogP contribution < -0.4 is 0 Å². The molecule has 2 nitrogen and oxygen atoms in total. The Hall–Kier alpha value is -1.92. The van der Waals surface area contributed by atoms with Crippen molar-refractivity contribution in [1.82, 2.24) is 4.98 Å². The zero-order chi connectivity index (χ0) is 10.3. The lowest BCUT2D eigenvalue weighted by molar-refractivity contribution is 1.49. The predicted molar refractivity (Wildman–Crippen MR) is 61.0 cm³/mol. The standard InChI is InChI=1S/C12H6N2S/c13-6-8-5-10-9-3-1-2-4-11(9)14-12(10)15-7-8/h1-5,7H. The van der Waals surface area contributed by atoms with Crippen molar-refractivity contribution in [2.75, 3.05) is 0 Å². The highest BCUT2D eigenvalue weighted by Crippen LogP contribution is 2.34. The van der Waals surface area contributed by atoms with Gasteiger partial charge in [-0.25, -0.2) is 4.98 Å². The van der Waals surface area contributed by atoms with Gasteiger partial charge in [-0.2, -0.15) is 5.26 Å². The van der Waals surface area contributed by atoms with Gasteiger partial charge in [-0.1, -0.05) is 18.2 Å². The largest absolute Gasteiger partial charge is 0.237 e. The van der Waals surface area contributed by atoms with Gasteiger partial charge in [0.05, 0.1) is 17.1 Å². The van der Waals surface area contributed by atoms with Gasteiger partial charge < -0.3 is 0 Å². The molecule has 0 bridgehead atoms. The van der Waals surface area contributed by atoms with Crippen molar-refractivity contribution in [1.29, 1.82) is 5.26 Å². The molecule has 3 rings (SSSR count). The second-order valence-electron chi connectivity index (χ2n) is 3.29. The summed E-state index contributed by atoms with van der Waals surface area (Å²) in [6.45, 7) is 0. The molecule has 0 atom stereocenters. The molecule has 1 aromatic carbocycles. The van der Waals surface area contributed by atoms with Crippen molar-refractivity contribution in [3.05, 3.63) is 41.3 Å². The van der Waals surface area contributed by atoms with Crippen molar-refractivity contribution in [2.24, 2.45) is 0 Å². The van der Waals surface area contributed by atoms with Crippen LogP contribution in [0.15, 0.2) is 35.7 Å². The highest BCUT2D eigenvalue weighted by molar-refractivity contribution is 7.13. The number of para-hydroxylation sites is 1. The Labute approximate surface area is 90.8 Å². The molecule has 3 heteroatoms. The first-order valence-corrected chi connectivity index (χ1v) is 5.43. The summed E-state index contributed by atoms with van der Waals surface area (Å²) in [5, 5.41) is 12.8. The van der Waals surface area contributed by atoms with Crippen LogP contribution >= 0.6 is 11.3 Å². The van der Waals surface area contributed by atoms with E-state index in [9.17, 15) is 0 Å². The number of nitrogens with zero attached hydrogens (tertiary/aromatic N) is 2. The number of nitriles is 1. The summed E-state index contributed by atoms with van der Waals surface area (Å²) < 4.78 is 0. The highest BCUT2D eigenvalue weighted by Gasteiger charge is 2.11. The summed E-state index contributed by atoms with van der Waals surface area (Å²) in [7, 11) is 0. The smallest absolute Gasteiger partial charge is 0.124 e. The highest BCUT2D eigenvalue weighted by atomic mass is 32.1. The lowest BCUT2D eigenvalue weighted by Gasteiger charge is -1.95. The average molecular weight is 210 g/mol. The molecule has 2 aliphatic rings. The summed E-state index contributed by atoms with van der Waals surface area (Å²) in [4.78, 5) is 4.50. The molecule has 70 valence electrons. The predicted octanol–water partition coefficient (Wildman–Crippen LogP) is 3.27. The van der Waals surface area contributed by atoms with E-state index < -0.39 is 0 Å². The fraction of sp³-hybridized carbons (Fsp3) is 0. The Morgan fingerprint density at radius 1 is 1.27 bits per heavy atom. The maximum atomic E-state index is 8.84. The van der Waals surface area contributed by atoms with Crippen molar-refractivity contribution < 1.29 is 0 Å². The average Bonchev–Trinajstić information content (AvgIpc) is 2.66. The van der Waals surface area contributed by atoms with E-state index in [0.717, 1.165) is 21.5 Å². The van der Waals surface area contributed by atoms with Gasteiger partial charge in [0, 0.05) is 16.3 Å². The Kier molecular flexibility index (Phi) is 1.70. The lowest BCUT2D eigenvalue weighted by Crippen LogP contribution is -1.75. The minimum Gasteiger partial charge on any atom is -0.237 e. The van der Waals surface area contributed by atoms with Crippen LogP contribution in [-0.4, -0.2) is 4.98 Å². The number of fused-ring (bicyclic) bond motifs is 3. The molecule has 2 heterocycles. The number of benzene rings is 1. The van der Waals surface area contributed by atoms with Crippen molar-refractivity contribution in [3.63, 3.8) is 0 Å². The van der Waals surface area contributed by atoms with Gasteiger partial charge in [-0.05, 0) is 12.1 Å². The van der Waals surface area contributed by atoms with Crippen molar-refractivity contribution >= 4 is 22.2 Å². The van der Waals surface area contributed by atoms with E-state index >= 15 is 0 Å². The Morgan fingerprint density at radius 3 is 3.00 bits per heavy atom. The van der Waals surface area contributed by atoms with Gasteiger partial charge in [0.1, 0.15) is 5.01 Å². The molecule has 0 aliphatic carbocycles. The van der Waals surface area contributed by atoms with Crippen LogP contribution in [0.1, 0.15) is 5.56 Å². The fourth-order valence-electron chi connectivity index (χ4n) is 1.68. The van der Waals surface area contributed by atoms with Crippen molar-refractivity contribution in [2.45, 2.75) is 0 Å². The Balaban J connectivity index is 2.47.